The third-order valence-electron chi connectivity index (χ3n) is 6.73. The molecule has 0 fully saturated rings. The minimum atomic E-state index is -0.775. The Morgan fingerprint density at radius 3 is 2.14 bits per heavy atom. The van der Waals surface area contributed by atoms with Gasteiger partial charge in [0.1, 0.15) is 24.2 Å². The molecule has 44 heavy (non-hydrogen) atoms. The molecule has 3 atom stereocenters. The number of carbonyl (C=O) groups excluding carboxylic acids is 2. The van der Waals surface area contributed by atoms with E-state index in [4.69, 9.17) is 24.3 Å². The molecule has 2 heterocycles. The molecule has 0 bridgehead atoms. The number of hydrogen-bond donors (Lipinski definition) is 2. The highest BCUT2D eigenvalue weighted by molar-refractivity contribution is 5.95. The van der Waals surface area contributed by atoms with Gasteiger partial charge in [-0.1, -0.05) is 51.0 Å². The molecular formula is C31H37FN6O6. The minimum absolute atomic E-state index is 0.0870. The van der Waals surface area contributed by atoms with Crippen LogP contribution in [0.3, 0.4) is 0 Å². The summed E-state index contributed by atoms with van der Waals surface area (Å²) in [5.41, 5.74) is 6.68. The Bertz CT molecular complexity index is 1570. The lowest BCUT2D eigenvalue weighted by Gasteiger charge is -2.18. The SMILES string of the molecule is CCC(Oc1ccc(-c2noc(C(C)C)n2)cc1)c1nc(-c2ccc(C(=O)N[C@H](C)COC(=O)[C@@H](N)C(C)C)c(F)c2)no1. The van der Waals surface area contributed by atoms with E-state index in [2.05, 4.69) is 25.6 Å². The van der Waals surface area contributed by atoms with E-state index in [9.17, 15) is 14.0 Å². The number of benzene rings is 2. The van der Waals surface area contributed by atoms with E-state index < -0.39 is 35.9 Å². The fraction of sp³-hybridized carbons (Fsp3) is 0.419. The first-order valence-electron chi connectivity index (χ1n) is 14.4. The van der Waals surface area contributed by atoms with Gasteiger partial charge in [0.05, 0.1) is 11.6 Å². The molecular weight excluding hydrogens is 571 g/mol. The zero-order chi connectivity index (χ0) is 32.0. The van der Waals surface area contributed by atoms with Crippen LogP contribution >= 0.6 is 0 Å². The second-order valence-electron chi connectivity index (χ2n) is 11.1. The number of nitrogens with two attached hydrogens (primary N) is 1. The van der Waals surface area contributed by atoms with Crippen LogP contribution in [0.25, 0.3) is 22.8 Å². The summed E-state index contributed by atoms with van der Waals surface area (Å²) < 4.78 is 36.9. The van der Waals surface area contributed by atoms with Crippen molar-refractivity contribution in [3.8, 4) is 28.5 Å². The molecule has 0 aliphatic heterocycles. The van der Waals surface area contributed by atoms with Crippen molar-refractivity contribution in [1.82, 2.24) is 25.6 Å². The average Bonchev–Trinajstić information content (AvgIpc) is 3.69. The maximum absolute atomic E-state index is 15.0. The quantitative estimate of drug-likeness (QED) is 0.191. The molecule has 4 rings (SSSR count). The highest BCUT2D eigenvalue weighted by Crippen LogP contribution is 2.28. The van der Waals surface area contributed by atoms with E-state index in [0.717, 1.165) is 11.6 Å². The van der Waals surface area contributed by atoms with Gasteiger partial charge < -0.3 is 29.6 Å². The molecule has 0 saturated carbocycles. The zero-order valence-electron chi connectivity index (χ0n) is 25.5. The van der Waals surface area contributed by atoms with Crippen molar-refractivity contribution < 1.29 is 32.5 Å². The third kappa shape index (κ3) is 7.84. The van der Waals surface area contributed by atoms with Crippen molar-refractivity contribution in [2.45, 2.75) is 72.1 Å². The van der Waals surface area contributed by atoms with Crippen LogP contribution in [0.1, 0.15) is 82.1 Å². The smallest absolute Gasteiger partial charge is 0.323 e. The average molecular weight is 609 g/mol. The van der Waals surface area contributed by atoms with Gasteiger partial charge >= 0.3 is 5.97 Å². The van der Waals surface area contributed by atoms with Gasteiger partial charge in [0, 0.05) is 17.0 Å². The predicted octanol–water partition coefficient (Wildman–Crippen LogP) is 5.22. The number of ether oxygens (including phenoxy) is 2. The van der Waals surface area contributed by atoms with Gasteiger partial charge in [0.15, 0.2) is 6.10 Å². The number of nitrogens with one attached hydrogen (secondary N) is 1. The molecule has 0 spiro atoms. The van der Waals surface area contributed by atoms with Crippen LogP contribution in [-0.2, 0) is 9.53 Å². The van der Waals surface area contributed by atoms with Gasteiger partial charge in [-0.25, -0.2) is 4.39 Å². The number of amides is 1. The van der Waals surface area contributed by atoms with Crippen LogP contribution in [0.5, 0.6) is 5.75 Å². The van der Waals surface area contributed by atoms with E-state index in [1.165, 1.54) is 12.1 Å². The number of carbonyl (C=O) groups is 2. The topological polar surface area (TPSA) is 168 Å². The first-order valence-corrected chi connectivity index (χ1v) is 14.4. The molecule has 234 valence electrons. The van der Waals surface area contributed by atoms with Gasteiger partial charge in [0.25, 0.3) is 11.8 Å². The summed E-state index contributed by atoms with van der Waals surface area (Å²) in [6.45, 7) is 11.0. The molecule has 3 N–H and O–H groups in total. The summed E-state index contributed by atoms with van der Waals surface area (Å²) in [6, 6.07) is 9.88. The van der Waals surface area contributed by atoms with E-state index in [1.54, 1.807) is 32.9 Å². The Balaban J connectivity index is 1.37. The molecule has 0 saturated heterocycles. The van der Waals surface area contributed by atoms with E-state index in [1.807, 2.05) is 32.9 Å². The summed E-state index contributed by atoms with van der Waals surface area (Å²) in [5, 5.41) is 10.6. The monoisotopic (exact) mass is 608 g/mol. The molecule has 4 aromatic rings. The Labute approximate surface area is 254 Å². The lowest BCUT2D eigenvalue weighted by atomic mass is 10.1. The second kappa shape index (κ2) is 14.2. The highest BCUT2D eigenvalue weighted by atomic mass is 19.1. The molecule has 0 aliphatic carbocycles. The van der Waals surface area contributed by atoms with Crippen LogP contribution < -0.4 is 15.8 Å². The lowest BCUT2D eigenvalue weighted by molar-refractivity contribution is -0.146. The first kappa shape index (κ1) is 32.3. The number of esters is 1. The maximum atomic E-state index is 15.0. The Morgan fingerprint density at radius 2 is 1.55 bits per heavy atom. The summed E-state index contributed by atoms with van der Waals surface area (Å²) in [5.74, 6) is 0.0263. The van der Waals surface area contributed by atoms with Gasteiger partial charge in [-0.2, -0.15) is 9.97 Å². The van der Waals surface area contributed by atoms with Gasteiger partial charge in [-0.15, -0.1) is 0 Å². The molecule has 2 aromatic heterocycles. The van der Waals surface area contributed by atoms with Crippen molar-refractivity contribution >= 4 is 11.9 Å². The van der Waals surface area contributed by atoms with E-state index in [0.29, 0.717) is 29.4 Å². The molecule has 12 nitrogen and oxygen atoms in total. The summed E-state index contributed by atoms with van der Waals surface area (Å²) in [4.78, 5) is 33.4. The molecule has 13 heteroatoms. The van der Waals surface area contributed by atoms with Crippen molar-refractivity contribution in [1.29, 1.82) is 0 Å². The largest absolute Gasteiger partial charge is 0.481 e. The second-order valence-corrected chi connectivity index (χ2v) is 11.1. The Morgan fingerprint density at radius 1 is 0.932 bits per heavy atom. The summed E-state index contributed by atoms with van der Waals surface area (Å²) in [6.07, 6.45) is -0.0310. The normalized spacial score (nSPS) is 13.5. The third-order valence-corrected chi connectivity index (χ3v) is 6.73. The summed E-state index contributed by atoms with van der Waals surface area (Å²) in [7, 11) is 0. The number of rotatable bonds is 13. The molecule has 2 aromatic carbocycles. The van der Waals surface area contributed by atoms with E-state index >= 15 is 0 Å². The zero-order valence-corrected chi connectivity index (χ0v) is 25.5. The molecule has 1 unspecified atom stereocenters. The molecule has 0 aliphatic rings. The van der Waals surface area contributed by atoms with Crippen LogP contribution in [0.4, 0.5) is 4.39 Å². The Kier molecular flexibility index (Phi) is 10.4. The maximum Gasteiger partial charge on any atom is 0.323 e. The molecule has 1 amide bonds. The van der Waals surface area contributed by atoms with Crippen LogP contribution in [-0.4, -0.2) is 50.8 Å². The van der Waals surface area contributed by atoms with Crippen LogP contribution in [0.2, 0.25) is 0 Å². The number of nitrogens with zero attached hydrogens (tertiary/aromatic N) is 4. The Hall–Kier alpha value is -4.65. The predicted molar refractivity (Wildman–Crippen MR) is 158 cm³/mol. The fourth-order valence-corrected chi connectivity index (χ4v) is 3.98. The van der Waals surface area contributed by atoms with Gasteiger partial charge in [0.2, 0.25) is 17.5 Å². The standard InChI is InChI=1S/C31H37FN6O6/c1-7-24(42-21-11-8-19(9-12-21)26-35-29(17(4)5)43-37-26)30-36-27(38-44-30)20-10-13-22(23(32)14-20)28(39)34-18(6)15-41-31(40)25(33)16(2)3/h8-14,16-18,24-25H,7,15,33H2,1-6H3,(H,34,39)/t18-,24?,25+/m1/s1. The van der Waals surface area contributed by atoms with E-state index in [-0.39, 0.29) is 35.7 Å². The highest BCUT2D eigenvalue weighted by Gasteiger charge is 2.23. The van der Waals surface area contributed by atoms with Crippen molar-refractivity contribution in [3.05, 3.63) is 65.6 Å². The molecule has 0 radical (unpaired) electrons. The fourth-order valence-electron chi connectivity index (χ4n) is 3.98. The van der Waals surface area contributed by atoms with Crippen LogP contribution in [0, 0.1) is 11.7 Å². The minimum Gasteiger partial charge on any atom is -0.481 e. The summed E-state index contributed by atoms with van der Waals surface area (Å²) >= 11 is 0. The van der Waals surface area contributed by atoms with Crippen molar-refractivity contribution in [2.75, 3.05) is 6.61 Å². The lowest BCUT2D eigenvalue weighted by Crippen LogP contribution is -2.41. The van der Waals surface area contributed by atoms with Gasteiger partial charge in [-0.3, -0.25) is 9.59 Å². The number of hydrogen-bond acceptors (Lipinski definition) is 11. The van der Waals surface area contributed by atoms with Gasteiger partial charge in [-0.05, 0) is 55.7 Å². The van der Waals surface area contributed by atoms with Crippen LogP contribution in [0.15, 0.2) is 51.5 Å². The van der Waals surface area contributed by atoms with Crippen molar-refractivity contribution in [3.63, 3.8) is 0 Å². The first-order chi connectivity index (χ1) is 21.0. The van der Waals surface area contributed by atoms with Crippen molar-refractivity contribution in [2.24, 2.45) is 11.7 Å². The number of halogens is 1. The number of aromatic nitrogens is 4.